The lowest BCUT2D eigenvalue weighted by molar-refractivity contribution is -0.137. The molecular weight excluding hydrogens is 441 g/mol. The van der Waals surface area contributed by atoms with E-state index in [4.69, 9.17) is 16.3 Å². The second-order valence-corrected chi connectivity index (χ2v) is 7.39. The number of hydrogen-bond acceptors (Lipinski definition) is 3. The summed E-state index contributed by atoms with van der Waals surface area (Å²) in [4.78, 5) is 11.5. The second kappa shape index (κ2) is 8.88. The zero-order valence-electron chi connectivity index (χ0n) is 16.5. The number of carbonyl (C=O) groups excluding carboxylic acids is 1. The van der Waals surface area contributed by atoms with Gasteiger partial charge in [0.2, 0.25) is 5.24 Å². The quantitative estimate of drug-likeness (QED) is 0.305. The minimum atomic E-state index is -4.48. The SMILES string of the molecule is O=C(Cl)Cc1cn(-c2cccc(C(F)(F)F)c2)nc1-c1ccc(Oc2ccccc2)cc1. The number of carbonyl (C=O) groups is 1. The normalized spacial score (nSPS) is 11.4. The monoisotopic (exact) mass is 456 g/mol. The Hall–Kier alpha value is -3.58. The third kappa shape index (κ3) is 5.00. The van der Waals surface area contributed by atoms with E-state index in [9.17, 15) is 18.0 Å². The van der Waals surface area contributed by atoms with Gasteiger partial charge in [-0.25, -0.2) is 4.68 Å². The van der Waals surface area contributed by atoms with Gasteiger partial charge in [-0.2, -0.15) is 18.3 Å². The predicted molar refractivity (Wildman–Crippen MR) is 115 cm³/mol. The average Bonchev–Trinajstić information content (AvgIpc) is 3.18. The molecule has 0 radical (unpaired) electrons. The van der Waals surface area contributed by atoms with Crippen molar-refractivity contribution in [1.29, 1.82) is 0 Å². The first-order valence-corrected chi connectivity index (χ1v) is 9.95. The maximum Gasteiger partial charge on any atom is 0.416 e. The van der Waals surface area contributed by atoms with Gasteiger partial charge in [0.15, 0.2) is 0 Å². The highest BCUT2D eigenvalue weighted by Crippen LogP contribution is 2.32. The fourth-order valence-electron chi connectivity index (χ4n) is 3.19. The highest BCUT2D eigenvalue weighted by Gasteiger charge is 2.30. The number of halogens is 4. The smallest absolute Gasteiger partial charge is 0.416 e. The average molecular weight is 457 g/mol. The fourth-order valence-corrected chi connectivity index (χ4v) is 3.34. The molecule has 0 aliphatic heterocycles. The fraction of sp³-hybridized carbons (Fsp3) is 0.0833. The first-order chi connectivity index (χ1) is 15.3. The van der Waals surface area contributed by atoms with Crippen LogP contribution >= 0.6 is 11.6 Å². The summed E-state index contributed by atoms with van der Waals surface area (Å²) in [6.07, 6.45) is -3.08. The molecule has 3 aromatic carbocycles. The molecule has 0 aliphatic rings. The van der Waals surface area contributed by atoms with Crippen LogP contribution in [0.3, 0.4) is 0 Å². The first-order valence-electron chi connectivity index (χ1n) is 9.57. The molecule has 4 rings (SSSR count). The van der Waals surface area contributed by atoms with E-state index in [2.05, 4.69) is 5.10 Å². The van der Waals surface area contributed by atoms with Crippen molar-refractivity contribution in [3.63, 3.8) is 0 Å². The Labute approximate surface area is 186 Å². The molecule has 0 saturated heterocycles. The van der Waals surface area contributed by atoms with E-state index in [0.29, 0.717) is 28.3 Å². The van der Waals surface area contributed by atoms with Crippen molar-refractivity contribution in [2.24, 2.45) is 0 Å². The van der Waals surface area contributed by atoms with Gasteiger partial charge >= 0.3 is 6.18 Å². The largest absolute Gasteiger partial charge is 0.457 e. The Morgan fingerprint density at radius 1 is 0.938 bits per heavy atom. The molecule has 4 nitrogen and oxygen atoms in total. The van der Waals surface area contributed by atoms with Crippen molar-refractivity contribution in [1.82, 2.24) is 9.78 Å². The second-order valence-electron chi connectivity index (χ2n) is 6.97. The van der Waals surface area contributed by atoms with Gasteiger partial charge in [0.1, 0.15) is 11.5 Å². The topological polar surface area (TPSA) is 44.1 Å². The zero-order valence-corrected chi connectivity index (χ0v) is 17.3. The first kappa shape index (κ1) is 21.6. The van der Waals surface area contributed by atoms with E-state index in [1.165, 1.54) is 23.0 Å². The molecule has 1 aromatic heterocycles. The predicted octanol–water partition coefficient (Wildman–Crippen LogP) is 6.66. The summed E-state index contributed by atoms with van der Waals surface area (Å²) in [6, 6.07) is 21.1. The molecule has 0 unspecified atom stereocenters. The van der Waals surface area contributed by atoms with Crippen molar-refractivity contribution < 1.29 is 22.7 Å². The number of para-hydroxylation sites is 1. The summed E-state index contributed by atoms with van der Waals surface area (Å²) < 4.78 is 46.4. The summed E-state index contributed by atoms with van der Waals surface area (Å²) in [5.74, 6) is 1.29. The molecule has 0 fully saturated rings. The summed E-state index contributed by atoms with van der Waals surface area (Å²) in [7, 11) is 0. The lowest BCUT2D eigenvalue weighted by Crippen LogP contribution is -2.06. The van der Waals surface area contributed by atoms with Crippen molar-refractivity contribution in [2.45, 2.75) is 12.6 Å². The lowest BCUT2D eigenvalue weighted by atomic mass is 10.1. The highest BCUT2D eigenvalue weighted by molar-refractivity contribution is 6.63. The molecule has 0 N–H and O–H groups in total. The number of benzene rings is 3. The van der Waals surface area contributed by atoms with Crippen LogP contribution in [0.2, 0.25) is 0 Å². The van der Waals surface area contributed by atoms with E-state index in [0.717, 1.165) is 12.1 Å². The summed E-state index contributed by atoms with van der Waals surface area (Å²) in [5, 5.41) is 3.84. The molecule has 1 heterocycles. The maximum absolute atomic E-state index is 13.1. The molecule has 0 amide bonds. The molecule has 4 aromatic rings. The highest BCUT2D eigenvalue weighted by atomic mass is 35.5. The van der Waals surface area contributed by atoms with Crippen LogP contribution in [0, 0.1) is 0 Å². The van der Waals surface area contributed by atoms with Crippen LogP contribution in [-0.2, 0) is 17.4 Å². The van der Waals surface area contributed by atoms with E-state index in [1.54, 1.807) is 24.3 Å². The van der Waals surface area contributed by atoms with Gasteiger partial charge in [-0.05, 0) is 66.2 Å². The van der Waals surface area contributed by atoms with Crippen molar-refractivity contribution in [3.05, 3.63) is 96.2 Å². The van der Waals surface area contributed by atoms with Crippen molar-refractivity contribution in [3.8, 4) is 28.4 Å². The van der Waals surface area contributed by atoms with Gasteiger partial charge in [0.25, 0.3) is 0 Å². The summed E-state index contributed by atoms with van der Waals surface area (Å²) in [5.41, 5.74) is 1.05. The van der Waals surface area contributed by atoms with Gasteiger partial charge in [0, 0.05) is 17.3 Å². The minimum absolute atomic E-state index is 0.113. The molecule has 0 spiro atoms. The van der Waals surface area contributed by atoms with Crippen LogP contribution in [0.15, 0.2) is 85.1 Å². The Kier molecular flexibility index (Phi) is 6.01. The minimum Gasteiger partial charge on any atom is -0.457 e. The summed E-state index contributed by atoms with van der Waals surface area (Å²) >= 11 is 5.58. The molecule has 32 heavy (non-hydrogen) atoms. The summed E-state index contributed by atoms with van der Waals surface area (Å²) in [6.45, 7) is 0. The Morgan fingerprint density at radius 3 is 2.28 bits per heavy atom. The number of hydrogen-bond donors (Lipinski definition) is 0. The molecule has 0 aliphatic carbocycles. The Morgan fingerprint density at radius 2 is 1.62 bits per heavy atom. The van der Waals surface area contributed by atoms with Gasteiger partial charge in [-0.3, -0.25) is 4.79 Å². The van der Waals surface area contributed by atoms with E-state index in [1.807, 2.05) is 30.3 Å². The molecule has 0 saturated carbocycles. The van der Waals surface area contributed by atoms with E-state index in [-0.39, 0.29) is 12.1 Å². The third-order valence-electron chi connectivity index (χ3n) is 4.66. The van der Waals surface area contributed by atoms with E-state index < -0.39 is 17.0 Å². The van der Waals surface area contributed by atoms with Crippen LogP contribution in [0.25, 0.3) is 16.9 Å². The number of alkyl halides is 3. The van der Waals surface area contributed by atoms with Crippen LogP contribution < -0.4 is 4.74 Å². The Bertz CT molecular complexity index is 1240. The van der Waals surface area contributed by atoms with Gasteiger partial charge < -0.3 is 4.74 Å². The van der Waals surface area contributed by atoms with Crippen LogP contribution in [-0.4, -0.2) is 15.0 Å². The number of nitrogens with zero attached hydrogens (tertiary/aromatic N) is 2. The third-order valence-corrected chi connectivity index (χ3v) is 4.80. The molecule has 162 valence electrons. The van der Waals surface area contributed by atoms with Gasteiger partial charge in [0.05, 0.1) is 23.4 Å². The van der Waals surface area contributed by atoms with Gasteiger partial charge in [-0.15, -0.1) is 0 Å². The van der Waals surface area contributed by atoms with Crippen LogP contribution in [0.5, 0.6) is 11.5 Å². The van der Waals surface area contributed by atoms with Crippen LogP contribution in [0.1, 0.15) is 11.1 Å². The number of ether oxygens (including phenoxy) is 1. The number of aromatic nitrogens is 2. The van der Waals surface area contributed by atoms with Crippen molar-refractivity contribution >= 4 is 16.8 Å². The van der Waals surface area contributed by atoms with Crippen LogP contribution in [0.4, 0.5) is 13.2 Å². The molecule has 0 atom stereocenters. The molecular formula is C24H16ClF3N2O2. The zero-order chi connectivity index (χ0) is 22.7. The standard InChI is InChI=1S/C24H16ClF3N2O2/c25-22(31)13-17-15-30(19-6-4-5-18(14-19)24(26,27)28)29-23(17)16-9-11-21(12-10-16)32-20-7-2-1-3-8-20/h1-12,14-15H,13H2. The van der Waals surface area contributed by atoms with Gasteiger partial charge in [-0.1, -0.05) is 24.3 Å². The maximum atomic E-state index is 13.1. The Balaban J connectivity index is 1.68. The number of rotatable bonds is 6. The van der Waals surface area contributed by atoms with Crippen molar-refractivity contribution in [2.75, 3.05) is 0 Å². The lowest BCUT2D eigenvalue weighted by Gasteiger charge is -2.08. The molecule has 8 heteroatoms. The molecule has 0 bridgehead atoms. The van der Waals surface area contributed by atoms with E-state index >= 15 is 0 Å².